The smallest absolute Gasteiger partial charge is 0.297 e. The van der Waals surface area contributed by atoms with E-state index in [1.54, 1.807) is 30.0 Å². The van der Waals surface area contributed by atoms with Crippen molar-refractivity contribution >= 4 is 44.9 Å². The van der Waals surface area contributed by atoms with Crippen LogP contribution in [0.25, 0.3) is 11.0 Å². The van der Waals surface area contributed by atoms with E-state index in [4.69, 9.17) is 4.42 Å². The van der Waals surface area contributed by atoms with Crippen LogP contribution in [-0.2, 0) is 16.9 Å². The summed E-state index contributed by atoms with van der Waals surface area (Å²) in [6.45, 7) is 5.92. The summed E-state index contributed by atoms with van der Waals surface area (Å²) < 4.78 is 6.13. The number of fused-ring (bicyclic) bond motifs is 5. The standard InChI is InChI=1S/C30H22N4O4S/c1-16-12-13-23-20(14-16)25(35)24-26(38-23)27(36)34(29-32-31-18(3)39-29)30(24)21-10-6-7-11-22(21)33(28(30)37)15-19-9-5-4-8-17(19)2/h4-14H,15H2,1-3H3. The number of aromatic nitrogens is 2. The number of hydrogen-bond donors (Lipinski definition) is 0. The second kappa shape index (κ2) is 8.18. The normalized spacial score (nSPS) is 17.9. The summed E-state index contributed by atoms with van der Waals surface area (Å²) in [6, 6.07) is 20.4. The summed E-state index contributed by atoms with van der Waals surface area (Å²) >= 11 is 1.19. The lowest BCUT2D eigenvalue weighted by atomic mass is 9.84. The molecular weight excluding hydrogens is 512 g/mol. The summed E-state index contributed by atoms with van der Waals surface area (Å²) in [5.41, 5.74) is 2.13. The number of hydrogen-bond acceptors (Lipinski definition) is 7. The van der Waals surface area contributed by atoms with Crippen LogP contribution in [0.1, 0.15) is 43.4 Å². The first-order chi connectivity index (χ1) is 18.8. The molecule has 8 nitrogen and oxygen atoms in total. The van der Waals surface area contributed by atoms with Gasteiger partial charge >= 0.3 is 0 Å². The third-order valence-electron chi connectivity index (χ3n) is 7.58. The van der Waals surface area contributed by atoms with Crippen molar-refractivity contribution in [2.45, 2.75) is 32.9 Å². The van der Waals surface area contributed by atoms with E-state index >= 15 is 0 Å². The van der Waals surface area contributed by atoms with E-state index in [2.05, 4.69) is 10.2 Å². The maximum absolute atomic E-state index is 14.9. The molecule has 39 heavy (non-hydrogen) atoms. The molecule has 2 aliphatic heterocycles. The first-order valence-electron chi connectivity index (χ1n) is 12.5. The van der Waals surface area contributed by atoms with Gasteiger partial charge in [-0.25, -0.2) is 0 Å². The summed E-state index contributed by atoms with van der Waals surface area (Å²) in [6.07, 6.45) is 0. The summed E-state index contributed by atoms with van der Waals surface area (Å²) in [5, 5.41) is 9.54. The highest BCUT2D eigenvalue weighted by Gasteiger charge is 2.66. The molecule has 0 aliphatic carbocycles. The number of aryl methyl sites for hydroxylation is 3. The third-order valence-corrected chi connectivity index (χ3v) is 8.40. The number of rotatable bonds is 3. The van der Waals surface area contributed by atoms with Gasteiger partial charge in [-0.15, -0.1) is 10.2 Å². The first kappa shape index (κ1) is 23.5. The molecule has 192 valence electrons. The largest absolute Gasteiger partial charge is 0.450 e. The molecule has 0 N–H and O–H groups in total. The van der Waals surface area contributed by atoms with Gasteiger partial charge in [0.25, 0.3) is 11.8 Å². The van der Waals surface area contributed by atoms with Crippen molar-refractivity contribution in [3.63, 3.8) is 0 Å². The van der Waals surface area contributed by atoms with Gasteiger partial charge < -0.3 is 9.32 Å². The van der Waals surface area contributed by atoms with Gasteiger partial charge in [-0.2, -0.15) is 0 Å². The highest BCUT2D eigenvalue weighted by Crippen LogP contribution is 2.54. The molecule has 1 atom stereocenters. The lowest BCUT2D eigenvalue weighted by Gasteiger charge is -2.32. The molecule has 2 aliphatic rings. The van der Waals surface area contributed by atoms with E-state index in [1.807, 2.05) is 62.4 Å². The van der Waals surface area contributed by atoms with Gasteiger partial charge in [-0.05, 0) is 50.1 Å². The second-order valence-electron chi connectivity index (χ2n) is 9.92. The van der Waals surface area contributed by atoms with Crippen molar-refractivity contribution in [2.75, 3.05) is 9.80 Å². The van der Waals surface area contributed by atoms with Crippen molar-refractivity contribution in [1.82, 2.24) is 10.2 Å². The van der Waals surface area contributed by atoms with Crippen LogP contribution in [0.5, 0.6) is 0 Å². The zero-order chi connectivity index (χ0) is 27.1. The molecule has 3 aromatic carbocycles. The molecule has 0 saturated carbocycles. The molecule has 2 amide bonds. The summed E-state index contributed by atoms with van der Waals surface area (Å²) in [7, 11) is 0. The van der Waals surface area contributed by atoms with Gasteiger partial charge in [0.1, 0.15) is 10.6 Å². The van der Waals surface area contributed by atoms with Crippen LogP contribution in [-0.4, -0.2) is 22.0 Å². The summed E-state index contributed by atoms with van der Waals surface area (Å²) in [5.74, 6) is -1.15. The molecule has 0 bridgehead atoms. The van der Waals surface area contributed by atoms with Crippen LogP contribution in [0.4, 0.5) is 10.8 Å². The fourth-order valence-corrected chi connectivity index (χ4v) is 6.51. The zero-order valence-corrected chi connectivity index (χ0v) is 22.2. The molecule has 2 aromatic heterocycles. The first-order valence-corrected chi connectivity index (χ1v) is 13.3. The Hall–Kier alpha value is -4.63. The van der Waals surface area contributed by atoms with E-state index < -0.39 is 22.8 Å². The fourth-order valence-electron chi connectivity index (χ4n) is 5.77. The average Bonchev–Trinajstić information content (AvgIpc) is 3.54. The lowest BCUT2D eigenvalue weighted by Crippen LogP contribution is -2.53. The molecule has 0 radical (unpaired) electrons. The molecule has 9 heteroatoms. The zero-order valence-electron chi connectivity index (χ0n) is 21.4. The van der Waals surface area contributed by atoms with Gasteiger partial charge in [0.05, 0.1) is 23.2 Å². The second-order valence-corrected chi connectivity index (χ2v) is 11.1. The van der Waals surface area contributed by atoms with Crippen LogP contribution in [0.15, 0.2) is 75.9 Å². The van der Waals surface area contributed by atoms with Crippen molar-refractivity contribution < 1.29 is 14.0 Å². The Bertz CT molecular complexity index is 1930. The SMILES string of the molecule is Cc1ccc2oc3c(c(=O)c2c1)C1(C(=O)N(Cc2ccccc2C)c2ccccc21)N(c1nnc(C)s1)C3=O. The Morgan fingerprint density at radius 3 is 2.46 bits per heavy atom. The number of carbonyl (C=O) groups excluding carboxylic acids is 2. The topological polar surface area (TPSA) is 96.6 Å². The lowest BCUT2D eigenvalue weighted by molar-refractivity contribution is -0.121. The quantitative estimate of drug-likeness (QED) is 0.323. The monoisotopic (exact) mass is 534 g/mol. The minimum atomic E-state index is -1.78. The molecule has 7 rings (SSSR count). The number of amides is 2. The minimum absolute atomic E-state index is 0.0168. The van der Waals surface area contributed by atoms with Crippen LogP contribution >= 0.6 is 11.3 Å². The predicted octanol–water partition coefficient (Wildman–Crippen LogP) is 5.02. The van der Waals surface area contributed by atoms with Crippen LogP contribution in [0.2, 0.25) is 0 Å². The Kier molecular flexibility index (Phi) is 4.93. The van der Waals surface area contributed by atoms with Crippen molar-refractivity contribution in [1.29, 1.82) is 0 Å². The van der Waals surface area contributed by atoms with Gasteiger partial charge in [0.2, 0.25) is 10.9 Å². The van der Waals surface area contributed by atoms with Crippen LogP contribution in [0, 0.1) is 20.8 Å². The van der Waals surface area contributed by atoms with Gasteiger partial charge in [-0.3, -0.25) is 19.3 Å². The van der Waals surface area contributed by atoms with E-state index in [0.717, 1.165) is 16.7 Å². The molecule has 0 fully saturated rings. The number of para-hydroxylation sites is 1. The number of anilines is 2. The molecule has 5 aromatic rings. The minimum Gasteiger partial charge on any atom is -0.450 e. The van der Waals surface area contributed by atoms with Crippen LogP contribution in [0.3, 0.4) is 0 Å². The molecule has 0 saturated heterocycles. The third kappa shape index (κ3) is 3.07. The highest BCUT2D eigenvalue weighted by molar-refractivity contribution is 7.15. The highest BCUT2D eigenvalue weighted by atomic mass is 32.1. The van der Waals surface area contributed by atoms with Crippen LogP contribution < -0.4 is 15.2 Å². The predicted molar refractivity (Wildman–Crippen MR) is 148 cm³/mol. The molecule has 1 unspecified atom stereocenters. The van der Waals surface area contributed by atoms with E-state index in [1.165, 1.54) is 16.2 Å². The van der Waals surface area contributed by atoms with Gasteiger partial charge in [-0.1, -0.05) is 65.4 Å². The maximum atomic E-state index is 14.9. The van der Waals surface area contributed by atoms with E-state index in [9.17, 15) is 14.4 Å². The number of benzene rings is 3. The number of carbonyl (C=O) groups is 2. The van der Waals surface area contributed by atoms with Crippen molar-refractivity contribution in [3.8, 4) is 0 Å². The van der Waals surface area contributed by atoms with Gasteiger partial charge in [0, 0.05) is 5.56 Å². The van der Waals surface area contributed by atoms with Crippen molar-refractivity contribution in [2.24, 2.45) is 0 Å². The van der Waals surface area contributed by atoms with E-state index in [0.29, 0.717) is 27.2 Å². The maximum Gasteiger partial charge on any atom is 0.297 e. The Morgan fingerprint density at radius 2 is 1.69 bits per heavy atom. The average molecular weight is 535 g/mol. The van der Waals surface area contributed by atoms with Gasteiger partial charge in [0.15, 0.2) is 11.0 Å². The van der Waals surface area contributed by atoms with E-state index in [-0.39, 0.29) is 23.0 Å². The molecule has 1 spiro atoms. The number of nitrogens with zero attached hydrogens (tertiary/aromatic N) is 4. The fraction of sp³-hybridized carbons (Fsp3) is 0.167. The Balaban J connectivity index is 1.57. The Labute approximate surface area is 227 Å². The molecular formula is C30H22N4O4S. The Morgan fingerprint density at radius 1 is 0.923 bits per heavy atom. The van der Waals surface area contributed by atoms with Crippen molar-refractivity contribution in [3.05, 3.63) is 116 Å². The summed E-state index contributed by atoms with van der Waals surface area (Å²) in [4.78, 5) is 46.3. The molecule has 4 heterocycles.